The number of ether oxygens (including phenoxy) is 1. The van der Waals surface area contributed by atoms with E-state index in [4.69, 9.17) is 4.74 Å². The van der Waals surface area contributed by atoms with E-state index >= 15 is 0 Å². The Morgan fingerprint density at radius 1 is 1.17 bits per heavy atom. The van der Waals surface area contributed by atoms with Crippen LogP contribution < -0.4 is 10.1 Å². The van der Waals surface area contributed by atoms with Gasteiger partial charge in [-0.2, -0.15) is 18.2 Å². The lowest BCUT2D eigenvalue weighted by Gasteiger charge is -2.09. The number of aromatic nitrogens is 6. The quantitative estimate of drug-likeness (QED) is 0.783. The first kappa shape index (κ1) is 14.9. The zero-order chi connectivity index (χ0) is 16.6. The Bertz CT molecular complexity index is 861. The number of alkyl halides is 3. The smallest absolute Gasteiger partial charge is 0.451 e. The summed E-state index contributed by atoms with van der Waals surface area (Å²) in [5.41, 5.74) is 0.163. The molecule has 0 amide bonds. The van der Waals surface area contributed by atoms with E-state index in [-0.39, 0.29) is 28.8 Å². The van der Waals surface area contributed by atoms with Crippen LogP contribution in [0, 0.1) is 0 Å². The molecule has 120 valence electrons. The van der Waals surface area contributed by atoms with Crippen LogP contribution in [0.1, 0.15) is 5.82 Å². The fourth-order valence-corrected chi connectivity index (χ4v) is 1.93. The van der Waals surface area contributed by atoms with Crippen molar-refractivity contribution in [2.24, 2.45) is 0 Å². The molecule has 0 unspecified atom stereocenters. The Morgan fingerprint density at radius 3 is 2.61 bits per heavy atom. The van der Waals surface area contributed by atoms with E-state index in [1.54, 1.807) is 0 Å². The number of hydrogen-bond acceptors (Lipinski definition) is 7. The van der Waals surface area contributed by atoms with Gasteiger partial charge in [-0.3, -0.25) is 4.57 Å². The Balaban J connectivity index is 2.26. The average molecular weight is 325 g/mol. The van der Waals surface area contributed by atoms with Crippen LogP contribution >= 0.6 is 0 Å². The Hall–Kier alpha value is -2.98. The highest BCUT2D eigenvalue weighted by atomic mass is 19.4. The summed E-state index contributed by atoms with van der Waals surface area (Å²) in [5.74, 6) is -1.02. The summed E-state index contributed by atoms with van der Waals surface area (Å²) in [7, 11) is 2.84. The van der Waals surface area contributed by atoms with Crippen LogP contribution in [0.3, 0.4) is 0 Å². The van der Waals surface area contributed by atoms with Crippen molar-refractivity contribution in [3.8, 4) is 11.8 Å². The van der Waals surface area contributed by atoms with Crippen LogP contribution in [0.25, 0.3) is 17.0 Å². The first-order valence-electron chi connectivity index (χ1n) is 6.31. The molecule has 23 heavy (non-hydrogen) atoms. The van der Waals surface area contributed by atoms with E-state index in [2.05, 4.69) is 30.2 Å². The largest absolute Gasteiger partial charge is 0.467 e. The Labute approximate surface area is 127 Å². The molecule has 0 saturated carbocycles. The van der Waals surface area contributed by atoms with Crippen molar-refractivity contribution in [3.05, 3.63) is 24.4 Å². The molecule has 0 atom stereocenters. The van der Waals surface area contributed by atoms with E-state index < -0.39 is 12.0 Å². The van der Waals surface area contributed by atoms with Crippen molar-refractivity contribution in [1.82, 2.24) is 29.5 Å². The molecule has 3 rings (SSSR count). The molecule has 1 N–H and O–H groups in total. The summed E-state index contributed by atoms with van der Waals surface area (Å²) in [6.45, 7) is 0. The number of anilines is 1. The van der Waals surface area contributed by atoms with Crippen LogP contribution in [-0.2, 0) is 6.18 Å². The van der Waals surface area contributed by atoms with Crippen molar-refractivity contribution >= 4 is 17.0 Å². The number of hydrogen-bond donors (Lipinski definition) is 1. The molecule has 11 heteroatoms. The SMILES string of the molecule is CNc1nc(C(F)(F)F)nc2c1ncn2-c1ccnc(OC)n1. The molecular weight excluding hydrogens is 315 g/mol. The summed E-state index contributed by atoms with van der Waals surface area (Å²) in [6.07, 6.45) is -1.96. The standard InChI is InChI=1S/C12H10F3N7O/c1-16-8-7-9(21-10(20-8)12(13,14)15)22(5-18-7)6-3-4-17-11(19-6)23-2/h3-5H,1-2H3,(H,16,20,21). The second-order valence-corrected chi connectivity index (χ2v) is 4.33. The number of methoxy groups -OCH3 is 1. The second-order valence-electron chi connectivity index (χ2n) is 4.33. The molecule has 0 fully saturated rings. The molecule has 0 aliphatic rings. The fraction of sp³-hybridized carbons (Fsp3) is 0.250. The lowest BCUT2D eigenvalue weighted by atomic mass is 10.4. The zero-order valence-corrected chi connectivity index (χ0v) is 12.0. The zero-order valence-electron chi connectivity index (χ0n) is 12.0. The minimum atomic E-state index is -4.68. The summed E-state index contributed by atoms with van der Waals surface area (Å²) in [4.78, 5) is 19.0. The first-order valence-corrected chi connectivity index (χ1v) is 6.31. The van der Waals surface area contributed by atoms with Gasteiger partial charge in [0.1, 0.15) is 12.1 Å². The predicted octanol–water partition coefficient (Wildman–Crippen LogP) is 1.67. The highest BCUT2D eigenvalue weighted by Gasteiger charge is 2.36. The van der Waals surface area contributed by atoms with Gasteiger partial charge in [0, 0.05) is 19.3 Å². The van der Waals surface area contributed by atoms with Gasteiger partial charge in [-0.1, -0.05) is 0 Å². The van der Waals surface area contributed by atoms with Gasteiger partial charge in [-0.05, 0) is 0 Å². The van der Waals surface area contributed by atoms with Gasteiger partial charge in [0.2, 0.25) is 5.82 Å². The third-order valence-electron chi connectivity index (χ3n) is 2.93. The van der Waals surface area contributed by atoms with Gasteiger partial charge in [0.05, 0.1) is 7.11 Å². The molecule has 0 saturated heterocycles. The number of fused-ring (bicyclic) bond motifs is 1. The van der Waals surface area contributed by atoms with E-state index in [0.29, 0.717) is 0 Å². The molecule has 0 radical (unpaired) electrons. The van der Waals surface area contributed by atoms with Crippen molar-refractivity contribution in [3.63, 3.8) is 0 Å². The average Bonchev–Trinajstić information content (AvgIpc) is 2.97. The van der Waals surface area contributed by atoms with E-state index in [0.717, 1.165) is 0 Å². The van der Waals surface area contributed by atoms with Gasteiger partial charge in [-0.15, -0.1) is 0 Å². The van der Waals surface area contributed by atoms with Crippen LogP contribution in [-0.4, -0.2) is 43.6 Å². The number of imidazole rings is 1. The number of nitrogens with one attached hydrogen (secondary N) is 1. The van der Waals surface area contributed by atoms with Gasteiger partial charge in [-0.25, -0.2) is 19.9 Å². The summed E-state index contributed by atoms with van der Waals surface area (Å²) in [5, 5.41) is 2.59. The lowest BCUT2D eigenvalue weighted by molar-refractivity contribution is -0.144. The minimum Gasteiger partial charge on any atom is -0.467 e. The van der Waals surface area contributed by atoms with Crippen LogP contribution in [0.5, 0.6) is 6.01 Å². The molecular formula is C12H10F3N7O. The number of halogens is 3. The maximum Gasteiger partial charge on any atom is 0.451 e. The minimum absolute atomic E-state index is 0.0258. The molecule has 3 heterocycles. The third-order valence-corrected chi connectivity index (χ3v) is 2.93. The van der Waals surface area contributed by atoms with E-state index in [1.165, 1.54) is 37.3 Å². The van der Waals surface area contributed by atoms with Gasteiger partial charge >= 0.3 is 12.2 Å². The van der Waals surface area contributed by atoms with Gasteiger partial charge in [0.25, 0.3) is 0 Å². The number of nitrogens with zero attached hydrogens (tertiary/aromatic N) is 6. The summed E-state index contributed by atoms with van der Waals surface area (Å²) >= 11 is 0. The normalized spacial score (nSPS) is 11.7. The Kier molecular flexibility index (Phi) is 3.47. The molecule has 0 aliphatic carbocycles. The second kappa shape index (κ2) is 5.34. The molecule has 0 bridgehead atoms. The van der Waals surface area contributed by atoms with Crippen molar-refractivity contribution in [2.75, 3.05) is 19.5 Å². The van der Waals surface area contributed by atoms with Gasteiger partial charge < -0.3 is 10.1 Å². The van der Waals surface area contributed by atoms with Crippen molar-refractivity contribution in [2.45, 2.75) is 6.18 Å². The molecule has 8 nitrogen and oxygen atoms in total. The Morgan fingerprint density at radius 2 is 1.96 bits per heavy atom. The summed E-state index contributed by atoms with van der Waals surface area (Å²) in [6, 6.07) is 1.57. The molecule has 0 spiro atoms. The maximum atomic E-state index is 13.0. The molecule has 3 aromatic rings. The monoisotopic (exact) mass is 325 g/mol. The highest BCUT2D eigenvalue weighted by Crippen LogP contribution is 2.30. The molecule has 0 aliphatic heterocycles. The summed E-state index contributed by atoms with van der Waals surface area (Å²) < 4.78 is 45.1. The predicted molar refractivity (Wildman–Crippen MR) is 73.4 cm³/mol. The van der Waals surface area contributed by atoms with Crippen molar-refractivity contribution in [1.29, 1.82) is 0 Å². The van der Waals surface area contributed by atoms with E-state index in [1.807, 2.05) is 0 Å². The van der Waals surface area contributed by atoms with Gasteiger partial charge in [0.15, 0.2) is 17.0 Å². The van der Waals surface area contributed by atoms with Crippen molar-refractivity contribution < 1.29 is 17.9 Å². The maximum absolute atomic E-state index is 13.0. The third kappa shape index (κ3) is 2.60. The van der Waals surface area contributed by atoms with Crippen LogP contribution in [0.4, 0.5) is 19.0 Å². The van der Waals surface area contributed by atoms with E-state index in [9.17, 15) is 13.2 Å². The number of rotatable bonds is 3. The van der Waals surface area contributed by atoms with Crippen LogP contribution in [0.2, 0.25) is 0 Å². The molecule has 3 aromatic heterocycles. The van der Waals surface area contributed by atoms with Crippen LogP contribution in [0.15, 0.2) is 18.6 Å². The molecule has 0 aromatic carbocycles. The highest BCUT2D eigenvalue weighted by molar-refractivity contribution is 5.84. The first-order chi connectivity index (χ1) is 10.9. The lowest BCUT2D eigenvalue weighted by Crippen LogP contribution is -2.13. The topological polar surface area (TPSA) is 90.6 Å². The fourth-order valence-electron chi connectivity index (χ4n) is 1.93.